The van der Waals surface area contributed by atoms with Gasteiger partial charge in [-0.15, -0.1) is 0 Å². The van der Waals surface area contributed by atoms with Gasteiger partial charge in [-0.2, -0.15) is 5.10 Å². The highest BCUT2D eigenvalue weighted by Gasteiger charge is 2.21. The molecular formula is C34H25F2N3O3. The summed E-state index contributed by atoms with van der Waals surface area (Å²) in [4.78, 5) is 25.1. The lowest BCUT2D eigenvalue weighted by atomic mass is 9.98. The Morgan fingerprint density at radius 2 is 1.64 bits per heavy atom. The van der Waals surface area contributed by atoms with Crippen molar-refractivity contribution in [2.24, 2.45) is 0 Å². The molecule has 6 nitrogen and oxygen atoms in total. The molecular weight excluding hydrogens is 536 g/mol. The van der Waals surface area contributed by atoms with Crippen LogP contribution in [0.4, 0.5) is 8.78 Å². The zero-order chi connectivity index (χ0) is 29.4. The van der Waals surface area contributed by atoms with Crippen LogP contribution >= 0.6 is 0 Å². The van der Waals surface area contributed by atoms with E-state index in [9.17, 15) is 23.5 Å². The Kier molecular flexibility index (Phi) is 6.96. The highest BCUT2D eigenvalue weighted by Crippen LogP contribution is 2.31. The van der Waals surface area contributed by atoms with Crippen LogP contribution < -0.4 is 5.32 Å². The number of carbonyl (C=O) groups excluding carboxylic acids is 1. The van der Waals surface area contributed by atoms with Gasteiger partial charge in [-0.1, -0.05) is 48.5 Å². The molecule has 1 aromatic heterocycles. The number of aromatic carboxylic acids is 1. The molecule has 1 atom stereocenters. The predicted molar refractivity (Wildman–Crippen MR) is 157 cm³/mol. The van der Waals surface area contributed by atoms with Gasteiger partial charge >= 0.3 is 5.97 Å². The summed E-state index contributed by atoms with van der Waals surface area (Å²) in [6.07, 6.45) is 1.61. The lowest BCUT2D eigenvalue weighted by molar-refractivity contribution is 0.0696. The van der Waals surface area contributed by atoms with Crippen molar-refractivity contribution < 1.29 is 23.5 Å². The molecule has 2 N–H and O–H groups in total. The number of carbonyl (C=O) groups is 2. The van der Waals surface area contributed by atoms with Crippen LogP contribution in [0.25, 0.3) is 32.8 Å². The van der Waals surface area contributed by atoms with E-state index >= 15 is 0 Å². The van der Waals surface area contributed by atoms with Crippen LogP contribution in [0, 0.1) is 11.6 Å². The molecule has 6 aromatic rings. The Hall–Kier alpha value is -5.37. The van der Waals surface area contributed by atoms with E-state index < -0.39 is 29.6 Å². The van der Waals surface area contributed by atoms with E-state index in [1.165, 1.54) is 12.1 Å². The molecule has 0 bridgehead atoms. The third-order valence-electron chi connectivity index (χ3n) is 7.37. The van der Waals surface area contributed by atoms with Gasteiger partial charge in [0.1, 0.15) is 11.6 Å². The maximum atomic E-state index is 14.8. The maximum absolute atomic E-state index is 14.8. The van der Waals surface area contributed by atoms with E-state index in [2.05, 4.69) is 16.5 Å². The molecule has 0 radical (unpaired) electrons. The van der Waals surface area contributed by atoms with Crippen molar-refractivity contribution in [3.63, 3.8) is 0 Å². The van der Waals surface area contributed by atoms with E-state index in [-0.39, 0.29) is 16.7 Å². The highest BCUT2D eigenvalue weighted by molar-refractivity contribution is 6.07. The van der Waals surface area contributed by atoms with E-state index in [1.54, 1.807) is 42.1 Å². The Morgan fingerprint density at radius 1 is 0.881 bits per heavy atom. The number of benzene rings is 5. The molecule has 1 amide bonds. The quantitative estimate of drug-likeness (QED) is 0.213. The zero-order valence-electron chi connectivity index (χ0n) is 22.5. The molecule has 0 fully saturated rings. The average molecular weight is 562 g/mol. The minimum atomic E-state index is -1.04. The lowest BCUT2D eigenvalue weighted by Gasteiger charge is -2.17. The minimum absolute atomic E-state index is 0.0329. The average Bonchev–Trinajstić information content (AvgIpc) is 3.40. The number of carboxylic acid groups (broad SMARTS) is 1. The summed E-state index contributed by atoms with van der Waals surface area (Å²) in [6, 6.07) is 26.4. The zero-order valence-corrected chi connectivity index (χ0v) is 22.5. The standard InChI is InChI=1S/C34H25F2N3O3/c1-20(22-8-10-24(11-9-22)34(41)42)38-33(40)30-16-26(29-17-28(35)12-13-31(29)36)15-27-18-37-39(32(27)30)19-21-6-7-23-4-2-3-5-25(23)14-21/h2-18,20H,19H2,1H3,(H,38,40)(H,41,42)/t20-/m0/s1. The number of hydrogen-bond donors (Lipinski definition) is 2. The van der Waals surface area contributed by atoms with Gasteiger partial charge in [-0.25, -0.2) is 13.6 Å². The predicted octanol–water partition coefficient (Wildman–Crippen LogP) is 7.37. The van der Waals surface area contributed by atoms with Gasteiger partial charge in [-0.3, -0.25) is 9.48 Å². The van der Waals surface area contributed by atoms with Crippen molar-refractivity contribution in [1.29, 1.82) is 0 Å². The monoisotopic (exact) mass is 561 g/mol. The molecule has 0 saturated heterocycles. The molecule has 208 valence electrons. The van der Waals surface area contributed by atoms with Crippen LogP contribution in [0.3, 0.4) is 0 Å². The van der Waals surface area contributed by atoms with E-state index in [0.717, 1.165) is 34.5 Å². The van der Waals surface area contributed by atoms with Crippen LogP contribution in [0.1, 0.15) is 44.8 Å². The van der Waals surface area contributed by atoms with Crippen LogP contribution in [-0.4, -0.2) is 26.8 Å². The first-order chi connectivity index (χ1) is 20.3. The second-order valence-electron chi connectivity index (χ2n) is 10.2. The van der Waals surface area contributed by atoms with Gasteiger partial charge in [0.2, 0.25) is 0 Å². The number of carboxylic acids is 1. The highest BCUT2D eigenvalue weighted by atomic mass is 19.1. The van der Waals surface area contributed by atoms with Gasteiger partial charge < -0.3 is 10.4 Å². The van der Waals surface area contributed by atoms with Crippen LogP contribution in [0.2, 0.25) is 0 Å². The number of hydrogen-bond acceptors (Lipinski definition) is 3. The van der Waals surface area contributed by atoms with Gasteiger partial charge in [0.05, 0.1) is 35.4 Å². The molecule has 0 aliphatic rings. The molecule has 0 saturated carbocycles. The summed E-state index contributed by atoms with van der Waals surface area (Å²) in [7, 11) is 0. The number of aromatic nitrogens is 2. The Morgan fingerprint density at radius 3 is 2.40 bits per heavy atom. The molecule has 6 rings (SSSR count). The summed E-state index contributed by atoms with van der Waals surface area (Å²) >= 11 is 0. The fourth-order valence-corrected chi connectivity index (χ4v) is 5.18. The molecule has 0 spiro atoms. The Balaban J connectivity index is 1.42. The largest absolute Gasteiger partial charge is 0.478 e. The van der Waals surface area contributed by atoms with Crippen molar-refractivity contribution in [2.45, 2.75) is 19.5 Å². The summed E-state index contributed by atoms with van der Waals surface area (Å²) < 4.78 is 30.6. The van der Waals surface area contributed by atoms with E-state index in [4.69, 9.17) is 0 Å². The Bertz CT molecular complexity index is 1980. The van der Waals surface area contributed by atoms with E-state index in [0.29, 0.717) is 28.6 Å². The molecule has 8 heteroatoms. The second kappa shape index (κ2) is 10.9. The van der Waals surface area contributed by atoms with Crippen molar-refractivity contribution >= 4 is 33.6 Å². The number of nitrogens with zero attached hydrogens (tertiary/aromatic N) is 2. The van der Waals surface area contributed by atoms with Gasteiger partial charge in [0, 0.05) is 10.9 Å². The summed E-state index contributed by atoms with van der Waals surface area (Å²) in [6.45, 7) is 2.17. The van der Waals surface area contributed by atoms with Gasteiger partial charge in [-0.05, 0) is 82.9 Å². The third kappa shape index (κ3) is 5.22. The normalized spacial score (nSPS) is 12.0. The van der Waals surface area contributed by atoms with Crippen molar-refractivity contribution in [2.75, 3.05) is 0 Å². The lowest BCUT2D eigenvalue weighted by Crippen LogP contribution is -2.27. The van der Waals surface area contributed by atoms with Crippen molar-refractivity contribution in [3.05, 3.63) is 137 Å². The Labute approximate surface area is 239 Å². The van der Waals surface area contributed by atoms with Crippen LogP contribution in [0.15, 0.2) is 103 Å². The van der Waals surface area contributed by atoms with Crippen LogP contribution in [0.5, 0.6) is 0 Å². The van der Waals surface area contributed by atoms with Crippen molar-refractivity contribution in [3.8, 4) is 11.1 Å². The van der Waals surface area contributed by atoms with Gasteiger partial charge in [0.15, 0.2) is 0 Å². The summed E-state index contributed by atoms with van der Waals surface area (Å²) in [5.41, 5.74) is 3.01. The molecule has 0 aliphatic carbocycles. The third-order valence-corrected chi connectivity index (χ3v) is 7.37. The summed E-state index contributed by atoms with van der Waals surface area (Å²) in [5, 5.41) is 19.5. The summed E-state index contributed by atoms with van der Waals surface area (Å²) in [5.74, 6) is -2.68. The van der Waals surface area contributed by atoms with E-state index in [1.807, 2.05) is 36.4 Å². The number of nitrogens with one attached hydrogen (secondary N) is 1. The van der Waals surface area contributed by atoms with Gasteiger partial charge in [0.25, 0.3) is 5.91 Å². The number of halogens is 2. The first-order valence-corrected chi connectivity index (χ1v) is 13.3. The number of fused-ring (bicyclic) bond motifs is 2. The molecule has 42 heavy (non-hydrogen) atoms. The molecule has 0 aliphatic heterocycles. The van der Waals surface area contributed by atoms with Crippen LogP contribution in [-0.2, 0) is 6.54 Å². The van der Waals surface area contributed by atoms with Crippen molar-refractivity contribution in [1.82, 2.24) is 15.1 Å². The fourth-order valence-electron chi connectivity index (χ4n) is 5.18. The minimum Gasteiger partial charge on any atom is -0.478 e. The topological polar surface area (TPSA) is 84.2 Å². The fraction of sp³-hybridized carbons (Fsp3) is 0.0882. The molecule has 5 aromatic carbocycles. The smallest absolute Gasteiger partial charge is 0.335 e. The number of rotatable bonds is 7. The molecule has 0 unspecified atom stereocenters. The second-order valence-corrected chi connectivity index (χ2v) is 10.2. The SMILES string of the molecule is C[C@H](NC(=O)c1cc(-c2cc(F)ccc2F)cc2cnn(Cc3ccc4ccccc4c3)c12)c1ccc(C(=O)O)cc1. The first kappa shape index (κ1) is 26.8. The molecule has 1 heterocycles. The first-order valence-electron chi connectivity index (χ1n) is 13.3. The maximum Gasteiger partial charge on any atom is 0.335 e. The number of amides is 1.